The number of likely N-dealkylation sites (tertiary alicyclic amines) is 1. The summed E-state index contributed by atoms with van der Waals surface area (Å²) in [6.07, 6.45) is 2.59. The van der Waals surface area contributed by atoms with Crippen molar-refractivity contribution in [3.63, 3.8) is 0 Å². The second-order valence-electron chi connectivity index (χ2n) is 7.14. The fourth-order valence-electron chi connectivity index (χ4n) is 3.47. The van der Waals surface area contributed by atoms with E-state index in [1.54, 1.807) is 6.20 Å². The fraction of sp³-hybridized carbons (Fsp3) is 0.350. The molecule has 2 aromatic heterocycles. The molecule has 4 rings (SSSR count). The maximum atomic E-state index is 13.2. The Morgan fingerprint density at radius 3 is 2.69 bits per heavy atom. The zero-order valence-corrected chi connectivity index (χ0v) is 15.1. The molecular formula is C20H23N5O. The van der Waals surface area contributed by atoms with Gasteiger partial charge in [-0.3, -0.25) is 4.79 Å². The Morgan fingerprint density at radius 1 is 1.27 bits per heavy atom. The van der Waals surface area contributed by atoms with E-state index >= 15 is 0 Å². The first-order chi connectivity index (χ1) is 12.5. The van der Waals surface area contributed by atoms with Crippen molar-refractivity contribution in [1.29, 1.82) is 0 Å². The minimum Gasteiger partial charge on any atom is -0.337 e. The highest BCUT2D eigenvalue weighted by molar-refractivity contribution is 6.06. The number of carbonyl (C=O) groups excluding carboxylic acids is 1. The van der Waals surface area contributed by atoms with Crippen LogP contribution in [-0.2, 0) is 0 Å². The van der Waals surface area contributed by atoms with E-state index < -0.39 is 0 Å². The van der Waals surface area contributed by atoms with Gasteiger partial charge in [-0.05, 0) is 26.3 Å². The quantitative estimate of drug-likeness (QED) is 0.789. The van der Waals surface area contributed by atoms with Crippen LogP contribution < -0.4 is 5.73 Å². The van der Waals surface area contributed by atoms with Gasteiger partial charge in [0.05, 0.1) is 22.8 Å². The highest BCUT2D eigenvalue weighted by Crippen LogP contribution is 2.27. The molecule has 1 saturated heterocycles. The summed E-state index contributed by atoms with van der Waals surface area (Å²) in [4.78, 5) is 19.8. The van der Waals surface area contributed by atoms with Crippen molar-refractivity contribution < 1.29 is 4.79 Å². The van der Waals surface area contributed by atoms with Gasteiger partial charge in [0.15, 0.2) is 5.65 Å². The Balaban J connectivity index is 1.89. The molecule has 0 aliphatic carbocycles. The van der Waals surface area contributed by atoms with Crippen LogP contribution in [0.3, 0.4) is 0 Å². The molecule has 2 N–H and O–H groups in total. The third-order valence-corrected chi connectivity index (χ3v) is 4.87. The molecular weight excluding hydrogens is 326 g/mol. The number of aromatic nitrogens is 3. The molecule has 1 amide bonds. The second-order valence-corrected chi connectivity index (χ2v) is 7.14. The van der Waals surface area contributed by atoms with Gasteiger partial charge in [0.1, 0.15) is 0 Å². The van der Waals surface area contributed by atoms with Gasteiger partial charge in [-0.15, -0.1) is 0 Å². The van der Waals surface area contributed by atoms with Gasteiger partial charge in [0.2, 0.25) is 0 Å². The summed E-state index contributed by atoms with van der Waals surface area (Å²) < 4.78 is 1.87. The summed E-state index contributed by atoms with van der Waals surface area (Å²) in [6, 6.07) is 12.0. The number of pyridine rings is 1. The molecule has 0 radical (unpaired) electrons. The zero-order chi connectivity index (χ0) is 18.3. The van der Waals surface area contributed by atoms with Crippen molar-refractivity contribution in [2.24, 2.45) is 5.73 Å². The SMILES string of the molecule is CC(C)n1ncc2c(C(=O)N3CC[C@@H](N)C3)cc(-c3ccccc3)nc21. The van der Waals surface area contributed by atoms with Crippen LogP contribution >= 0.6 is 0 Å². The minimum absolute atomic E-state index is 0.00540. The predicted octanol–water partition coefficient (Wildman–Crippen LogP) is 2.85. The van der Waals surface area contributed by atoms with E-state index in [9.17, 15) is 4.79 Å². The molecule has 1 aliphatic heterocycles. The number of rotatable bonds is 3. The first-order valence-electron chi connectivity index (χ1n) is 9.03. The maximum absolute atomic E-state index is 13.2. The Kier molecular flexibility index (Phi) is 4.20. The van der Waals surface area contributed by atoms with Crippen LogP contribution in [0, 0.1) is 0 Å². The standard InChI is InChI=1S/C20H23N5O/c1-13(2)25-19-17(11-22-25)16(20(26)24-9-8-15(21)12-24)10-18(23-19)14-6-4-3-5-7-14/h3-7,10-11,13,15H,8-9,12,21H2,1-2H3/t15-/m1/s1. The van der Waals surface area contributed by atoms with E-state index in [0.29, 0.717) is 18.7 Å². The van der Waals surface area contributed by atoms with Crippen molar-refractivity contribution in [3.8, 4) is 11.3 Å². The van der Waals surface area contributed by atoms with Crippen molar-refractivity contribution in [1.82, 2.24) is 19.7 Å². The second kappa shape index (κ2) is 6.53. The topological polar surface area (TPSA) is 77.0 Å². The number of nitrogens with two attached hydrogens (primary N) is 1. The number of benzene rings is 1. The van der Waals surface area contributed by atoms with E-state index in [2.05, 4.69) is 18.9 Å². The minimum atomic E-state index is 0.00540. The summed E-state index contributed by atoms with van der Waals surface area (Å²) in [7, 11) is 0. The van der Waals surface area contributed by atoms with Gasteiger partial charge in [-0.25, -0.2) is 9.67 Å². The normalized spacial score (nSPS) is 17.4. The van der Waals surface area contributed by atoms with E-state index in [1.165, 1.54) is 0 Å². The van der Waals surface area contributed by atoms with Crippen molar-refractivity contribution in [3.05, 3.63) is 48.2 Å². The number of amides is 1. The average Bonchev–Trinajstić information content (AvgIpc) is 3.27. The fourth-order valence-corrected chi connectivity index (χ4v) is 3.47. The average molecular weight is 349 g/mol. The van der Waals surface area contributed by atoms with E-state index in [4.69, 9.17) is 10.7 Å². The first-order valence-corrected chi connectivity index (χ1v) is 9.03. The van der Waals surface area contributed by atoms with Crippen molar-refractivity contribution >= 4 is 16.9 Å². The molecule has 1 aliphatic rings. The third-order valence-electron chi connectivity index (χ3n) is 4.87. The Labute approximate surface area is 152 Å². The van der Waals surface area contributed by atoms with Crippen LogP contribution in [0.4, 0.5) is 0 Å². The molecule has 6 nitrogen and oxygen atoms in total. The van der Waals surface area contributed by atoms with Crippen LogP contribution in [-0.4, -0.2) is 44.7 Å². The molecule has 1 aromatic carbocycles. The maximum Gasteiger partial charge on any atom is 0.254 e. The summed E-state index contributed by atoms with van der Waals surface area (Å²) in [6.45, 7) is 5.42. The lowest BCUT2D eigenvalue weighted by atomic mass is 10.1. The van der Waals surface area contributed by atoms with Crippen LogP contribution in [0.1, 0.15) is 36.7 Å². The monoisotopic (exact) mass is 349 g/mol. The molecule has 3 aromatic rings. The van der Waals surface area contributed by atoms with Gasteiger partial charge in [-0.1, -0.05) is 30.3 Å². The molecule has 1 atom stereocenters. The summed E-state index contributed by atoms with van der Waals surface area (Å²) in [5.41, 5.74) is 9.16. The van der Waals surface area contributed by atoms with Crippen LogP contribution in [0.2, 0.25) is 0 Å². The van der Waals surface area contributed by atoms with Gasteiger partial charge in [-0.2, -0.15) is 5.10 Å². The van der Waals surface area contributed by atoms with E-state index in [-0.39, 0.29) is 18.0 Å². The lowest BCUT2D eigenvalue weighted by molar-refractivity contribution is 0.0793. The molecule has 6 heteroatoms. The number of nitrogens with zero attached hydrogens (tertiary/aromatic N) is 4. The summed E-state index contributed by atoms with van der Waals surface area (Å²) >= 11 is 0. The largest absolute Gasteiger partial charge is 0.337 e. The van der Waals surface area contributed by atoms with Gasteiger partial charge < -0.3 is 10.6 Å². The molecule has 0 spiro atoms. The Bertz CT molecular complexity index is 947. The lowest BCUT2D eigenvalue weighted by Crippen LogP contribution is -2.32. The molecule has 26 heavy (non-hydrogen) atoms. The van der Waals surface area contributed by atoms with E-state index in [0.717, 1.165) is 28.7 Å². The molecule has 0 unspecified atom stereocenters. The van der Waals surface area contributed by atoms with Crippen molar-refractivity contribution in [2.45, 2.75) is 32.4 Å². The third kappa shape index (κ3) is 2.86. The number of hydrogen-bond acceptors (Lipinski definition) is 4. The lowest BCUT2D eigenvalue weighted by Gasteiger charge is -2.17. The Morgan fingerprint density at radius 2 is 2.04 bits per heavy atom. The zero-order valence-electron chi connectivity index (χ0n) is 15.1. The van der Waals surface area contributed by atoms with Crippen LogP contribution in [0.5, 0.6) is 0 Å². The molecule has 0 saturated carbocycles. The molecule has 1 fully saturated rings. The van der Waals surface area contributed by atoms with Gasteiger partial charge >= 0.3 is 0 Å². The highest BCUT2D eigenvalue weighted by Gasteiger charge is 2.27. The number of hydrogen-bond donors (Lipinski definition) is 1. The van der Waals surface area contributed by atoms with Crippen LogP contribution in [0.25, 0.3) is 22.3 Å². The Hall–Kier alpha value is -2.73. The number of carbonyl (C=O) groups is 1. The predicted molar refractivity (Wildman–Crippen MR) is 102 cm³/mol. The van der Waals surface area contributed by atoms with E-state index in [1.807, 2.05) is 46.0 Å². The van der Waals surface area contributed by atoms with Crippen molar-refractivity contribution in [2.75, 3.05) is 13.1 Å². The first kappa shape index (κ1) is 16.7. The summed E-state index contributed by atoms with van der Waals surface area (Å²) in [5.74, 6) is 0.00540. The smallest absolute Gasteiger partial charge is 0.254 e. The van der Waals surface area contributed by atoms with Crippen LogP contribution in [0.15, 0.2) is 42.6 Å². The summed E-state index contributed by atoms with van der Waals surface area (Å²) in [5, 5.41) is 5.27. The molecule has 134 valence electrons. The number of fused-ring (bicyclic) bond motifs is 1. The molecule has 3 heterocycles. The van der Waals surface area contributed by atoms with Gasteiger partial charge in [0.25, 0.3) is 5.91 Å². The van der Waals surface area contributed by atoms with Gasteiger partial charge in [0, 0.05) is 30.7 Å². The highest BCUT2D eigenvalue weighted by atomic mass is 16.2. The molecule has 0 bridgehead atoms.